The summed E-state index contributed by atoms with van der Waals surface area (Å²) in [5, 5.41) is 16.9. The molecule has 2 amide bonds. The number of carbonyl (C=O) groups is 2. The van der Waals surface area contributed by atoms with Gasteiger partial charge in [-0.1, -0.05) is 35.4 Å². The summed E-state index contributed by atoms with van der Waals surface area (Å²) in [5.41, 5.74) is 5.83. The van der Waals surface area contributed by atoms with Crippen LogP contribution < -0.4 is 15.4 Å². The molecular formula is C31H36ClN3O4S. The molecule has 0 radical (unpaired) electrons. The number of hydrogen-bond acceptors (Lipinski definition) is 6. The molecule has 0 aliphatic rings. The monoisotopic (exact) mass is 581 g/mol. The van der Waals surface area contributed by atoms with E-state index < -0.39 is 0 Å². The molecule has 2 aromatic carbocycles. The number of amides is 2. The zero-order chi connectivity index (χ0) is 29.5. The van der Waals surface area contributed by atoms with Crippen LogP contribution >= 0.6 is 22.9 Å². The number of ether oxygens (including phenoxy) is 1. The van der Waals surface area contributed by atoms with Gasteiger partial charge in [0.15, 0.2) is 0 Å². The van der Waals surface area contributed by atoms with Gasteiger partial charge in [0.1, 0.15) is 12.4 Å². The van der Waals surface area contributed by atoms with Crippen molar-refractivity contribution in [2.75, 3.05) is 18.5 Å². The zero-order valence-electron chi connectivity index (χ0n) is 23.5. The van der Waals surface area contributed by atoms with Gasteiger partial charge in [-0.15, -0.1) is 11.3 Å². The van der Waals surface area contributed by atoms with Crippen molar-refractivity contribution in [3.05, 3.63) is 99.2 Å². The highest BCUT2D eigenvalue weighted by Gasteiger charge is 2.11. The summed E-state index contributed by atoms with van der Waals surface area (Å²) in [5.74, 6) is 0.515. The van der Waals surface area contributed by atoms with Gasteiger partial charge < -0.3 is 20.5 Å². The fourth-order valence-electron chi connectivity index (χ4n) is 3.19. The van der Waals surface area contributed by atoms with E-state index in [0.717, 1.165) is 22.3 Å². The number of aryl methyl sites for hydroxylation is 2. The zero-order valence-corrected chi connectivity index (χ0v) is 25.0. The summed E-state index contributed by atoms with van der Waals surface area (Å²) in [6, 6.07) is 12.5. The minimum absolute atomic E-state index is 0.0126. The predicted molar refractivity (Wildman–Crippen MR) is 166 cm³/mol. The van der Waals surface area contributed by atoms with E-state index in [0.29, 0.717) is 35.8 Å². The number of aliphatic hydroxyl groups is 1. The molecule has 2 aromatic heterocycles. The number of hydrogen-bond donors (Lipinski definition) is 3. The van der Waals surface area contributed by atoms with Crippen LogP contribution in [0.25, 0.3) is 10.1 Å². The van der Waals surface area contributed by atoms with Crippen LogP contribution in [0, 0.1) is 13.8 Å². The third-order valence-electron chi connectivity index (χ3n) is 5.57. The number of anilines is 1. The van der Waals surface area contributed by atoms with Gasteiger partial charge in [0.05, 0.1) is 6.61 Å². The largest absolute Gasteiger partial charge is 0.489 e. The van der Waals surface area contributed by atoms with E-state index in [1.54, 1.807) is 35.6 Å². The lowest BCUT2D eigenvalue weighted by Gasteiger charge is -2.12. The maximum Gasteiger partial charge on any atom is 0.255 e. The van der Waals surface area contributed by atoms with E-state index in [4.69, 9.17) is 21.4 Å². The Hall–Kier alpha value is -3.72. The Morgan fingerprint density at radius 1 is 1.12 bits per heavy atom. The number of aliphatic hydroxyl groups excluding tert-OH is 1. The quantitative estimate of drug-likeness (QED) is 0.117. The Balaban J connectivity index is 0.000000433. The van der Waals surface area contributed by atoms with Crippen molar-refractivity contribution in [3.63, 3.8) is 0 Å². The third-order valence-corrected chi connectivity index (χ3v) is 6.99. The van der Waals surface area contributed by atoms with Crippen molar-refractivity contribution < 1.29 is 19.4 Å². The molecule has 0 saturated carbocycles. The number of pyridine rings is 1. The first-order valence-electron chi connectivity index (χ1n) is 12.7. The van der Waals surface area contributed by atoms with E-state index in [9.17, 15) is 9.59 Å². The molecule has 4 aromatic rings. The molecule has 3 N–H and O–H groups in total. The van der Waals surface area contributed by atoms with Crippen LogP contribution in [-0.4, -0.2) is 35.6 Å². The number of fused-ring (bicyclic) bond motifs is 1. The molecule has 9 heteroatoms. The van der Waals surface area contributed by atoms with Crippen molar-refractivity contribution in [1.29, 1.82) is 0 Å². The first kappa shape index (κ1) is 32.5. The normalized spacial score (nSPS) is 9.88. The lowest BCUT2D eigenvalue weighted by molar-refractivity contribution is -0.109. The van der Waals surface area contributed by atoms with Gasteiger partial charge in [0.25, 0.3) is 5.91 Å². The van der Waals surface area contributed by atoms with Gasteiger partial charge in [-0.05, 0) is 75.4 Å². The van der Waals surface area contributed by atoms with E-state index in [-0.39, 0.29) is 12.5 Å². The average Bonchev–Trinajstić information content (AvgIpc) is 3.37. The van der Waals surface area contributed by atoms with Crippen LogP contribution in [0.3, 0.4) is 0 Å². The summed E-state index contributed by atoms with van der Waals surface area (Å²) in [6.07, 6.45) is 6.39. The second kappa shape index (κ2) is 17.1. The molecule has 4 rings (SSSR count). The number of benzene rings is 2. The molecule has 0 bridgehead atoms. The predicted octanol–water partition coefficient (Wildman–Crippen LogP) is 7.10. The van der Waals surface area contributed by atoms with E-state index in [1.165, 1.54) is 15.8 Å². The molecule has 0 spiro atoms. The van der Waals surface area contributed by atoms with Crippen LogP contribution in [0.1, 0.15) is 47.8 Å². The maximum absolute atomic E-state index is 12.5. The second-order valence-electron chi connectivity index (χ2n) is 8.99. The standard InChI is InChI=1S/C23H19ClN2O2S.C5H10.C3H7NO2/c1-14-6-7-19(26-23(27)16-4-3-5-18(24)8-16)9-21(14)28-12-17-13-29-22-15(2)10-25-11-20(17)22;1-4-5(2)3;5-2-1-4-3-6/h3-11,13H,12H2,1-2H3,(H,26,27);4H,1-3H3;3,5H,1-2H2,(H,4,6). The van der Waals surface area contributed by atoms with Crippen molar-refractivity contribution >= 4 is 51.0 Å². The molecule has 2 heterocycles. The highest BCUT2D eigenvalue weighted by Crippen LogP contribution is 2.30. The third kappa shape index (κ3) is 10.4. The Morgan fingerprint density at radius 2 is 1.88 bits per heavy atom. The first-order valence-corrected chi connectivity index (χ1v) is 13.9. The molecule has 0 atom stereocenters. The highest BCUT2D eigenvalue weighted by molar-refractivity contribution is 7.17. The number of aromatic nitrogens is 1. The summed E-state index contributed by atoms with van der Waals surface area (Å²) in [6.45, 7) is 11.1. The number of allylic oxidation sites excluding steroid dienone is 2. The second-order valence-corrected chi connectivity index (χ2v) is 10.3. The number of thiophene rings is 1. The minimum atomic E-state index is -0.215. The van der Waals surface area contributed by atoms with Gasteiger partial charge in [-0.3, -0.25) is 14.6 Å². The molecule has 0 unspecified atom stereocenters. The fraction of sp³-hybridized carbons (Fsp3) is 0.258. The molecule has 0 aliphatic heterocycles. The number of carbonyl (C=O) groups excluding carboxylic acids is 2. The van der Waals surface area contributed by atoms with E-state index in [2.05, 4.69) is 47.8 Å². The first-order chi connectivity index (χ1) is 19.2. The lowest BCUT2D eigenvalue weighted by atomic mass is 10.1. The summed E-state index contributed by atoms with van der Waals surface area (Å²) in [7, 11) is 0. The molecule has 0 fully saturated rings. The molecule has 7 nitrogen and oxygen atoms in total. The van der Waals surface area contributed by atoms with Crippen molar-refractivity contribution in [2.45, 2.75) is 41.2 Å². The van der Waals surface area contributed by atoms with Crippen LogP contribution in [0.2, 0.25) is 5.02 Å². The van der Waals surface area contributed by atoms with E-state index in [1.807, 2.05) is 44.4 Å². The Kier molecular flexibility index (Phi) is 13.9. The van der Waals surface area contributed by atoms with Crippen LogP contribution in [0.15, 0.2) is 71.9 Å². The molecule has 212 valence electrons. The summed E-state index contributed by atoms with van der Waals surface area (Å²) >= 11 is 7.68. The van der Waals surface area contributed by atoms with Crippen LogP contribution in [-0.2, 0) is 11.4 Å². The molecule has 0 saturated heterocycles. The average molecular weight is 582 g/mol. The fourth-order valence-corrected chi connectivity index (χ4v) is 4.38. The molecular weight excluding hydrogens is 546 g/mol. The van der Waals surface area contributed by atoms with Gasteiger partial charge in [-0.25, -0.2) is 0 Å². The SMILES string of the molecule is CC=C(C)C.Cc1ccc(NC(=O)c2cccc(Cl)c2)cc1OCc1csc2c(C)cncc12.O=CNCCO. The number of nitrogens with zero attached hydrogens (tertiary/aromatic N) is 1. The van der Waals surface area contributed by atoms with Crippen molar-refractivity contribution in [2.24, 2.45) is 0 Å². The van der Waals surface area contributed by atoms with Gasteiger partial charge in [0, 0.05) is 56.9 Å². The lowest BCUT2D eigenvalue weighted by Crippen LogP contribution is -2.14. The van der Waals surface area contributed by atoms with Crippen molar-refractivity contribution in [1.82, 2.24) is 10.3 Å². The smallest absolute Gasteiger partial charge is 0.255 e. The van der Waals surface area contributed by atoms with E-state index >= 15 is 0 Å². The Morgan fingerprint density at radius 3 is 2.50 bits per heavy atom. The van der Waals surface area contributed by atoms with Gasteiger partial charge >= 0.3 is 0 Å². The Bertz CT molecular complexity index is 1430. The van der Waals surface area contributed by atoms with Gasteiger partial charge in [0.2, 0.25) is 6.41 Å². The summed E-state index contributed by atoms with van der Waals surface area (Å²) < 4.78 is 7.32. The van der Waals surface area contributed by atoms with Gasteiger partial charge in [-0.2, -0.15) is 0 Å². The summed E-state index contributed by atoms with van der Waals surface area (Å²) in [4.78, 5) is 26.1. The Labute approximate surface area is 244 Å². The minimum Gasteiger partial charge on any atom is -0.489 e. The molecule has 0 aliphatic carbocycles. The maximum atomic E-state index is 12.5. The number of nitrogens with one attached hydrogen (secondary N) is 2. The van der Waals surface area contributed by atoms with Crippen LogP contribution in [0.5, 0.6) is 5.75 Å². The van der Waals surface area contributed by atoms with Crippen molar-refractivity contribution in [3.8, 4) is 5.75 Å². The topological polar surface area (TPSA) is 101 Å². The van der Waals surface area contributed by atoms with Crippen LogP contribution in [0.4, 0.5) is 5.69 Å². The number of rotatable bonds is 8. The number of halogens is 1. The highest BCUT2D eigenvalue weighted by atomic mass is 35.5. The molecule has 40 heavy (non-hydrogen) atoms.